The minimum Gasteiger partial charge on any atom is -0.469 e. The molecule has 1 atom stereocenters. The van der Waals surface area contributed by atoms with Crippen molar-refractivity contribution in [3.05, 3.63) is 0 Å². The predicted octanol–water partition coefficient (Wildman–Crippen LogP) is 1.85. The van der Waals surface area contributed by atoms with Crippen LogP contribution in [0.4, 0.5) is 4.79 Å². The molecule has 0 aromatic heterocycles. The Morgan fingerprint density at radius 1 is 1.31 bits per heavy atom. The molecule has 1 N–H and O–H groups in total. The van der Waals surface area contributed by atoms with Gasteiger partial charge >= 0.3 is 12.1 Å². The molecule has 0 spiro atoms. The molecule has 0 aromatic rings. The van der Waals surface area contributed by atoms with Crippen molar-refractivity contribution >= 4 is 12.1 Å². The van der Waals surface area contributed by atoms with E-state index < -0.39 is 11.7 Å². The number of hydrogen-bond donors (Lipinski definition) is 1. The van der Waals surface area contributed by atoms with Crippen molar-refractivity contribution in [1.82, 2.24) is 5.32 Å². The number of alkyl carbamates (subject to hydrolysis) is 1. The average molecular weight is 231 g/mol. The zero-order chi connectivity index (χ0) is 12.8. The van der Waals surface area contributed by atoms with Gasteiger partial charge in [-0.1, -0.05) is 0 Å². The van der Waals surface area contributed by atoms with E-state index in [0.29, 0.717) is 6.42 Å². The van der Waals surface area contributed by atoms with Crippen molar-refractivity contribution in [3.63, 3.8) is 0 Å². The molecule has 0 fully saturated rings. The van der Waals surface area contributed by atoms with E-state index in [0.717, 1.165) is 0 Å². The largest absolute Gasteiger partial charge is 0.469 e. The van der Waals surface area contributed by atoms with Gasteiger partial charge in [0.25, 0.3) is 0 Å². The van der Waals surface area contributed by atoms with Gasteiger partial charge in [0.1, 0.15) is 5.60 Å². The Morgan fingerprint density at radius 3 is 2.31 bits per heavy atom. The maximum absolute atomic E-state index is 11.3. The fourth-order valence-electron chi connectivity index (χ4n) is 1.02. The molecule has 94 valence electrons. The first-order valence-corrected chi connectivity index (χ1v) is 5.31. The number of amides is 1. The van der Waals surface area contributed by atoms with Crippen molar-refractivity contribution in [1.29, 1.82) is 0 Å². The number of methoxy groups -OCH3 is 1. The standard InChI is InChI=1S/C11H21NO4/c1-8(6-7-9(13)15-5)12-10(14)16-11(2,3)4/h8H,6-7H2,1-5H3,(H,12,14)/t8-/m0/s1. The van der Waals surface area contributed by atoms with Crippen molar-refractivity contribution in [2.75, 3.05) is 7.11 Å². The van der Waals surface area contributed by atoms with E-state index in [4.69, 9.17) is 4.74 Å². The van der Waals surface area contributed by atoms with E-state index in [2.05, 4.69) is 10.1 Å². The molecule has 0 aliphatic rings. The maximum Gasteiger partial charge on any atom is 0.407 e. The minimum absolute atomic E-state index is 0.117. The van der Waals surface area contributed by atoms with Gasteiger partial charge in [0.05, 0.1) is 7.11 Å². The van der Waals surface area contributed by atoms with E-state index in [-0.39, 0.29) is 18.4 Å². The highest BCUT2D eigenvalue weighted by atomic mass is 16.6. The van der Waals surface area contributed by atoms with Crippen LogP contribution in [0.2, 0.25) is 0 Å². The van der Waals surface area contributed by atoms with E-state index in [1.54, 1.807) is 20.8 Å². The molecule has 5 heteroatoms. The van der Waals surface area contributed by atoms with E-state index in [1.807, 2.05) is 6.92 Å². The van der Waals surface area contributed by atoms with Gasteiger partial charge in [0.2, 0.25) is 0 Å². The molecule has 0 aromatic carbocycles. The molecule has 16 heavy (non-hydrogen) atoms. The molecule has 0 saturated heterocycles. The molecular formula is C11H21NO4. The second-order valence-corrected chi connectivity index (χ2v) is 4.66. The molecule has 0 rings (SSSR count). The Morgan fingerprint density at radius 2 is 1.88 bits per heavy atom. The first kappa shape index (κ1) is 14.7. The van der Waals surface area contributed by atoms with Crippen LogP contribution in [0.3, 0.4) is 0 Å². The predicted molar refractivity (Wildman–Crippen MR) is 60.1 cm³/mol. The molecule has 0 heterocycles. The van der Waals surface area contributed by atoms with Crippen LogP contribution in [0.5, 0.6) is 0 Å². The SMILES string of the molecule is COC(=O)CC[C@H](C)NC(=O)OC(C)(C)C. The van der Waals surface area contributed by atoms with Gasteiger partial charge in [0.15, 0.2) is 0 Å². The van der Waals surface area contributed by atoms with E-state index in [9.17, 15) is 9.59 Å². The average Bonchev–Trinajstić information content (AvgIpc) is 2.10. The third-order valence-corrected chi connectivity index (χ3v) is 1.77. The third-order valence-electron chi connectivity index (χ3n) is 1.77. The lowest BCUT2D eigenvalue weighted by Crippen LogP contribution is -2.37. The summed E-state index contributed by atoms with van der Waals surface area (Å²) in [6, 6.07) is -0.117. The Balaban J connectivity index is 3.83. The van der Waals surface area contributed by atoms with Crippen molar-refractivity contribution in [2.45, 2.75) is 52.2 Å². The monoisotopic (exact) mass is 231 g/mol. The molecule has 0 aliphatic carbocycles. The topological polar surface area (TPSA) is 64.6 Å². The van der Waals surface area contributed by atoms with E-state index >= 15 is 0 Å². The summed E-state index contributed by atoms with van der Waals surface area (Å²) in [4.78, 5) is 22.2. The molecular weight excluding hydrogens is 210 g/mol. The second kappa shape index (κ2) is 6.35. The number of nitrogens with one attached hydrogen (secondary N) is 1. The van der Waals surface area contributed by atoms with Crippen LogP contribution in [-0.4, -0.2) is 30.8 Å². The number of carbonyl (C=O) groups excluding carboxylic acids is 2. The Labute approximate surface area is 96.5 Å². The minimum atomic E-state index is -0.508. The van der Waals surface area contributed by atoms with Crippen molar-refractivity contribution in [3.8, 4) is 0 Å². The number of esters is 1. The second-order valence-electron chi connectivity index (χ2n) is 4.66. The van der Waals surface area contributed by atoms with Crippen LogP contribution < -0.4 is 5.32 Å². The molecule has 0 aliphatic heterocycles. The number of carbonyl (C=O) groups is 2. The third kappa shape index (κ3) is 8.08. The lowest BCUT2D eigenvalue weighted by atomic mass is 10.2. The van der Waals surface area contributed by atoms with Crippen LogP contribution in [0, 0.1) is 0 Å². The summed E-state index contributed by atoms with van der Waals surface area (Å²) in [5, 5.41) is 2.65. The summed E-state index contributed by atoms with van der Waals surface area (Å²) in [6.45, 7) is 7.20. The lowest BCUT2D eigenvalue weighted by molar-refractivity contribution is -0.140. The smallest absolute Gasteiger partial charge is 0.407 e. The van der Waals surface area contributed by atoms with Crippen molar-refractivity contribution in [2.24, 2.45) is 0 Å². The van der Waals surface area contributed by atoms with Gasteiger partial charge in [-0.15, -0.1) is 0 Å². The first-order valence-electron chi connectivity index (χ1n) is 5.31. The van der Waals surface area contributed by atoms with Gasteiger partial charge in [0, 0.05) is 12.5 Å². The highest BCUT2D eigenvalue weighted by Crippen LogP contribution is 2.07. The number of hydrogen-bond acceptors (Lipinski definition) is 4. The summed E-state index contributed by atoms with van der Waals surface area (Å²) >= 11 is 0. The highest BCUT2D eigenvalue weighted by molar-refractivity contribution is 5.70. The fourth-order valence-corrected chi connectivity index (χ4v) is 1.02. The molecule has 5 nitrogen and oxygen atoms in total. The van der Waals surface area contributed by atoms with Crippen LogP contribution in [-0.2, 0) is 14.3 Å². The van der Waals surface area contributed by atoms with Crippen molar-refractivity contribution < 1.29 is 19.1 Å². The van der Waals surface area contributed by atoms with Gasteiger partial charge in [-0.05, 0) is 34.1 Å². The van der Waals surface area contributed by atoms with Crippen LogP contribution >= 0.6 is 0 Å². The Kier molecular flexibility index (Phi) is 5.85. The number of ether oxygens (including phenoxy) is 2. The molecule has 1 amide bonds. The summed E-state index contributed by atoms with van der Waals surface area (Å²) in [5.41, 5.74) is -0.508. The van der Waals surface area contributed by atoms with Crippen LogP contribution in [0.15, 0.2) is 0 Å². The highest BCUT2D eigenvalue weighted by Gasteiger charge is 2.17. The Bertz CT molecular complexity index is 245. The first-order chi connectivity index (χ1) is 7.24. The molecule has 0 saturated carbocycles. The lowest BCUT2D eigenvalue weighted by Gasteiger charge is -2.21. The van der Waals surface area contributed by atoms with Gasteiger partial charge < -0.3 is 14.8 Å². The molecule has 0 bridgehead atoms. The van der Waals surface area contributed by atoms with Gasteiger partial charge in [-0.25, -0.2) is 4.79 Å². The zero-order valence-corrected chi connectivity index (χ0v) is 10.6. The van der Waals surface area contributed by atoms with Crippen LogP contribution in [0.25, 0.3) is 0 Å². The van der Waals surface area contributed by atoms with E-state index in [1.165, 1.54) is 7.11 Å². The van der Waals surface area contributed by atoms with Crippen LogP contribution in [0.1, 0.15) is 40.5 Å². The fraction of sp³-hybridized carbons (Fsp3) is 0.818. The van der Waals surface area contributed by atoms with Gasteiger partial charge in [-0.3, -0.25) is 4.79 Å². The Hall–Kier alpha value is -1.26. The molecule has 0 radical (unpaired) electrons. The number of rotatable bonds is 4. The quantitative estimate of drug-likeness (QED) is 0.750. The zero-order valence-electron chi connectivity index (χ0n) is 10.6. The summed E-state index contributed by atoms with van der Waals surface area (Å²) < 4.78 is 9.58. The normalized spacial score (nSPS) is 12.8. The maximum atomic E-state index is 11.3. The summed E-state index contributed by atoms with van der Waals surface area (Å²) in [7, 11) is 1.34. The van der Waals surface area contributed by atoms with Gasteiger partial charge in [-0.2, -0.15) is 0 Å². The summed E-state index contributed by atoms with van der Waals surface area (Å²) in [5.74, 6) is -0.280. The summed E-state index contributed by atoms with van der Waals surface area (Å²) in [6.07, 6.45) is 0.351. The molecule has 0 unspecified atom stereocenters.